The van der Waals surface area contributed by atoms with E-state index in [1.54, 1.807) is 22.6 Å². The number of sulfone groups is 1. The highest BCUT2D eigenvalue weighted by Gasteiger charge is 2.51. The van der Waals surface area contributed by atoms with Gasteiger partial charge in [0, 0.05) is 24.4 Å². The van der Waals surface area contributed by atoms with E-state index < -0.39 is 49.2 Å². The highest BCUT2D eigenvalue weighted by atomic mass is 32.2. The highest BCUT2D eigenvalue weighted by Crippen LogP contribution is 2.42. The Kier molecular flexibility index (Phi) is 6.75. The lowest BCUT2D eigenvalue weighted by molar-refractivity contribution is -0.139. The van der Waals surface area contributed by atoms with Crippen molar-refractivity contribution < 1.29 is 26.4 Å². The Morgan fingerprint density at radius 3 is 2.55 bits per heavy atom. The van der Waals surface area contributed by atoms with Gasteiger partial charge in [0.2, 0.25) is 5.91 Å². The molecule has 3 heterocycles. The summed E-state index contributed by atoms with van der Waals surface area (Å²) in [4.78, 5) is 22.1. The molecule has 6 rings (SSSR count). The Labute approximate surface area is 240 Å². The van der Waals surface area contributed by atoms with Crippen LogP contribution < -0.4 is 10.2 Å². The van der Waals surface area contributed by atoms with Crippen molar-refractivity contribution >= 4 is 21.6 Å². The Balaban J connectivity index is 1.39. The number of halogens is 3. The Morgan fingerprint density at radius 2 is 1.95 bits per heavy atom. The molecule has 220 valence electrons. The molecule has 0 unspecified atom stereocenters. The number of rotatable bonds is 7. The molecular formula is C28H28F3N7O3S. The first kappa shape index (κ1) is 28.1. The topological polar surface area (TPSA) is 134 Å². The van der Waals surface area contributed by atoms with E-state index in [2.05, 4.69) is 26.5 Å². The zero-order valence-corrected chi connectivity index (χ0v) is 23.5. The van der Waals surface area contributed by atoms with Crippen molar-refractivity contribution in [2.45, 2.75) is 79.4 Å². The molecule has 3 aliphatic rings. The number of nitriles is 1. The van der Waals surface area contributed by atoms with Crippen molar-refractivity contribution in [2.75, 3.05) is 11.4 Å². The Morgan fingerprint density at radius 1 is 1.19 bits per heavy atom. The van der Waals surface area contributed by atoms with E-state index in [-0.39, 0.29) is 30.3 Å². The second kappa shape index (κ2) is 10.1. The van der Waals surface area contributed by atoms with Gasteiger partial charge in [-0.25, -0.2) is 23.1 Å². The minimum absolute atomic E-state index is 0.0909. The molecule has 14 heteroatoms. The maximum atomic E-state index is 14.3. The van der Waals surface area contributed by atoms with E-state index in [0.29, 0.717) is 24.4 Å². The van der Waals surface area contributed by atoms with Crippen LogP contribution in [0.3, 0.4) is 0 Å². The average molecular weight is 600 g/mol. The van der Waals surface area contributed by atoms with Crippen LogP contribution in [0.25, 0.3) is 11.3 Å². The number of aromatic nitrogens is 4. The molecule has 2 atom stereocenters. The van der Waals surface area contributed by atoms with Gasteiger partial charge >= 0.3 is 6.18 Å². The lowest BCUT2D eigenvalue weighted by Crippen LogP contribution is -2.48. The molecule has 0 spiro atoms. The number of carbonyl (C=O) groups is 1. The third-order valence-electron chi connectivity index (χ3n) is 8.35. The van der Waals surface area contributed by atoms with Crippen LogP contribution in [0.2, 0.25) is 0 Å². The summed E-state index contributed by atoms with van der Waals surface area (Å²) in [6.07, 6.45) is 1.11. The summed E-state index contributed by atoms with van der Waals surface area (Å²) < 4.78 is 72.7. The second-order valence-corrected chi connectivity index (χ2v) is 13.4. The molecule has 2 aromatic heterocycles. The quantitative estimate of drug-likeness (QED) is 0.431. The van der Waals surface area contributed by atoms with Gasteiger partial charge in [-0.2, -0.15) is 23.5 Å². The van der Waals surface area contributed by atoms with Gasteiger partial charge in [-0.05, 0) is 63.6 Å². The molecule has 2 aliphatic carbocycles. The standard InChI is InChI=1S/C28H28F3N7O3S/c1-17-11-25(38(36-17)19-3-2-4-19)37-14-20(13-23(37)26(39)35-27(15-32)8-9-27)42(40,41)24-6-5-18(12-21(24)28(29,30)31)22-7-10-33-16-34-22/h5-7,10-12,16,19-20,23H,2-4,8-9,13-14H2,1H3,(H,35,39)/t20-,23+/m1/s1. The molecule has 0 radical (unpaired) electrons. The first-order valence-electron chi connectivity index (χ1n) is 13.7. The Hall–Kier alpha value is -3.99. The van der Waals surface area contributed by atoms with E-state index >= 15 is 0 Å². The predicted octanol–water partition coefficient (Wildman–Crippen LogP) is 3.99. The normalized spacial score (nSPS) is 21.9. The van der Waals surface area contributed by atoms with Gasteiger partial charge in [0.05, 0.1) is 39.2 Å². The smallest absolute Gasteiger partial charge is 0.343 e. The number of amides is 1. The molecule has 3 aromatic rings. The van der Waals surface area contributed by atoms with Gasteiger partial charge in [0.25, 0.3) is 0 Å². The van der Waals surface area contributed by atoms with E-state index in [1.807, 2.05) is 0 Å². The van der Waals surface area contributed by atoms with Crippen LogP contribution >= 0.6 is 0 Å². The first-order valence-corrected chi connectivity index (χ1v) is 15.2. The molecule has 0 bridgehead atoms. The minimum atomic E-state index is -4.97. The van der Waals surface area contributed by atoms with Crippen molar-refractivity contribution in [2.24, 2.45) is 0 Å². The molecule has 2 saturated carbocycles. The van der Waals surface area contributed by atoms with Gasteiger partial charge < -0.3 is 10.2 Å². The van der Waals surface area contributed by atoms with Crippen LogP contribution in [0.5, 0.6) is 0 Å². The van der Waals surface area contributed by atoms with Crippen LogP contribution in [0.1, 0.15) is 55.8 Å². The average Bonchev–Trinajstić information content (AvgIpc) is 3.37. The van der Waals surface area contributed by atoms with Gasteiger partial charge in [0.1, 0.15) is 23.7 Å². The van der Waals surface area contributed by atoms with E-state index in [1.165, 1.54) is 24.7 Å². The second-order valence-electron chi connectivity index (χ2n) is 11.2. The fraction of sp³-hybridized carbons (Fsp3) is 0.464. The van der Waals surface area contributed by atoms with Crippen LogP contribution in [0.15, 0.2) is 47.8 Å². The zero-order chi connectivity index (χ0) is 29.9. The van der Waals surface area contributed by atoms with E-state index in [9.17, 15) is 31.6 Å². The number of hydrogen-bond acceptors (Lipinski definition) is 8. The van der Waals surface area contributed by atoms with E-state index in [0.717, 1.165) is 31.4 Å². The number of benzene rings is 1. The van der Waals surface area contributed by atoms with Crippen LogP contribution in [-0.4, -0.2) is 57.4 Å². The summed E-state index contributed by atoms with van der Waals surface area (Å²) in [5, 5.41) is 15.6. The van der Waals surface area contributed by atoms with Gasteiger partial charge in [-0.3, -0.25) is 4.79 Å². The monoisotopic (exact) mass is 599 g/mol. The molecule has 1 saturated heterocycles. The fourth-order valence-electron chi connectivity index (χ4n) is 5.65. The van der Waals surface area contributed by atoms with Gasteiger partial charge in [-0.15, -0.1) is 0 Å². The summed E-state index contributed by atoms with van der Waals surface area (Å²) in [6, 6.07) is 7.42. The maximum Gasteiger partial charge on any atom is 0.417 e. The van der Waals surface area contributed by atoms with Crippen molar-refractivity contribution in [3.8, 4) is 17.3 Å². The number of hydrogen-bond donors (Lipinski definition) is 1. The molecule has 42 heavy (non-hydrogen) atoms. The first-order chi connectivity index (χ1) is 19.9. The number of nitrogens with one attached hydrogen (secondary N) is 1. The number of nitrogens with zero attached hydrogens (tertiary/aromatic N) is 6. The van der Waals surface area contributed by atoms with Crippen molar-refractivity contribution in [3.05, 3.63) is 54.1 Å². The zero-order valence-electron chi connectivity index (χ0n) is 22.7. The molecular weight excluding hydrogens is 571 g/mol. The lowest BCUT2D eigenvalue weighted by Gasteiger charge is -2.32. The van der Waals surface area contributed by atoms with Crippen LogP contribution in [0.4, 0.5) is 19.0 Å². The lowest BCUT2D eigenvalue weighted by atomic mass is 9.93. The summed E-state index contributed by atoms with van der Waals surface area (Å²) in [7, 11) is -4.58. The third kappa shape index (κ3) is 4.99. The highest BCUT2D eigenvalue weighted by molar-refractivity contribution is 7.92. The molecule has 1 aliphatic heterocycles. The van der Waals surface area contributed by atoms with Crippen molar-refractivity contribution in [1.29, 1.82) is 5.26 Å². The molecule has 1 amide bonds. The fourth-order valence-corrected chi connectivity index (χ4v) is 7.54. The number of carbonyl (C=O) groups excluding carboxylic acids is 1. The summed E-state index contributed by atoms with van der Waals surface area (Å²) in [5.74, 6) is 0.0212. The van der Waals surface area contributed by atoms with Crippen molar-refractivity contribution in [3.63, 3.8) is 0 Å². The van der Waals surface area contributed by atoms with Gasteiger partial charge in [0.15, 0.2) is 9.84 Å². The summed E-state index contributed by atoms with van der Waals surface area (Å²) in [6.45, 7) is 1.59. The van der Waals surface area contributed by atoms with Crippen molar-refractivity contribution in [1.82, 2.24) is 25.1 Å². The third-order valence-corrected chi connectivity index (χ3v) is 10.5. The van der Waals surface area contributed by atoms with Gasteiger partial charge in [-0.1, -0.05) is 6.07 Å². The molecule has 1 N–H and O–H groups in total. The molecule has 3 fully saturated rings. The van der Waals surface area contributed by atoms with Crippen LogP contribution in [-0.2, 0) is 20.8 Å². The largest absolute Gasteiger partial charge is 0.417 e. The molecule has 1 aromatic carbocycles. The molecule has 10 nitrogen and oxygen atoms in total. The maximum absolute atomic E-state index is 14.3. The summed E-state index contributed by atoms with van der Waals surface area (Å²) >= 11 is 0. The number of anilines is 1. The number of alkyl halides is 3. The minimum Gasteiger partial charge on any atom is -0.343 e. The number of aryl methyl sites for hydroxylation is 1. The SMILES string of the molecule is Cc1cc(N2C[C@H](S(=O)(=O)c3ccc(-c4ccncn4)cc3C(F)(F)F)C[C@H]2C(=O)NC2(C#N)CC2)n(C2CCC2)n1. The Bertz CT molecular complexity index is 1680. The van der Waals surface area contributed by atoms with Crippen LogP contribution in [0, 0.1) is 18.3 Å². The summed E-state index contributed by atoms with van der Waals surface area (Å²) in [5.41, 5.74) is -1.30. The predicted molar refractivity (Wildman–Crippen MR) is 145 cm³/mol. The van der Waals surface area contributed by atoms with E-state index in [4.69, 9.17) is 0 Å².